The Bertz CT molecular complexity index is 310. The largest absolute Gasteiger partial charge is 0.372 e. The molecule has 0 radical (unpaired) electrons. The highest BCUT2D eigenvalue weighted by atomic mass is 35.5. The highest BCUT2D eigenvalue weighted by Gasteiger charge is 2.12. The molecule has 0 amide bonds. The van der Waals surface area contributed by atoms with Gasteiger partial charge in [-0.1, -0.05) is 19.9 Å². The summed E-state index contributed by atoms with van der Waals surface area (Å²) in [4.78, 5) is 6.84. The molecule has 0 aromatic carbocycles. The molecule has 1 fully saturated rings. The number of nitrogens with zero attached hydrogens (tertiary/aromatic N) is 2. The van der Waals surface area contributed by atoms with Gasteiger partial charge in [-0.3, -0.25) is 4.99 Å². The second-order valence-corrected chi connectivity index (χ2v) is 4.44. The number of rotatable bonds is 4. The lowest BCUT2D eigenvalue weighted by Crippen LogP contribution is -2.17. The van der Waals surface area contributed by atoms with Gasteiger partial charge in [-0.2, -0.15) is 0 Å². The first-order valence-corrected chi connectivity index (χ1v) is 7.40. The summed E-state index contributed by atoms with van der Waals surface area (Å²) >= 11 is 5.71. The van der Waals surface area contributed by atoms with Crippen LogP contribution in [0.4, 0.5) is 0 Å². The van der Waals surface area contributed by atoms with Crippen molar-refractivity contribution in [2.75, 3.05) is 19.0 Å². The zero-order chi connectivity index (χ0) is 14.0. The Balaban J connectivity index is 0.00000137. The maximum atomic E-state index is 5.71. The fourth-order valence-corrected chi connectivity index (χ4v) is 1.97. The van der Waals surface area contributed by atoms with Crippen LogP contribution in [-0.2, 0) is 0 Å². The molecular weight excluding hydrogens is 244 g/mol. The van der Waals surface area contributed by atoms with Crippen LogP contribution in [0.2, 0.25) is 0 Å². The normalized spacial score (nSPS) is 17.7. The smallest absolute Gasteiger partial charge is 0.0605 e. The lowest BCUT2D eigenvalue weighted by molar-refractivity contribution is 0.439. The van der Waals surface area contributed by atoms with Crippen molar-refractivity contribution in [3.63, 3.8) is 0 Å². The molecule has 1 saturated heterocycles. The van der Waals surface area contributed by atoms with Crippen LogP contribution >= 0.6 is 11.6 Å². The van der Waals surface area contributed by atoms with Crippen LogP contribution in [0.3, 0.4) is 0 Å². The number of allylic oxidation sites excluding steroid dienone is 3. The van der Waals surface area contributed by atoms with Gasteiger partial charge in [-0.05, 0) is 39.7 Å². The molecule has 0 aromatic rings. The maximum Gasteiger partial charge on any atom is 0.0605 e. The van der Waals surface area contributed by atoms with Gasteiger partial charge in [-0.25, -0.2) is 0 Å². The third kappa shape index (κ3) is 6.25. The fraction of sp³-hybridized carbons (Fsp3) is 0.667. The Hall–Kier alpha value is -0.760. The third-order valence-corrected chi connectivity index (χ3v) is 3.07. The van der Waals surface area contributed by atoms with Crippen molar-refractivity contribution < 1.29 is 0 Å². The van der Waals surface area contributed by atoms with Gasteiger partial charge in [0.25, 0.3) is 0 Å². The molecule has 0 N–H and O–H groups in total. The van der Waals surface area contributed by atoms with E-state index in [9.17, 15) is 0 Å². The lowest BCUT2D eigenvalue weighted by Gasteiger charge is -2.18. The molecule has 2 nitrogen and oxygen atoms in total. The van der Waals surface area contributed by atoms with Crippen LogP contribution in [0, 0.1) is 0 Å². The zero-order valence-electron chi connectivity index (χ0n) is 12.5. The molecule has 3 heteroatoms. The number of halogens is 1. The zero-order valence-corrected chi connectivity index (χ0v) is 13.2. The molecular formula is C15H27ClN2. The lowest BCUT2D eigenvalue weighted by atomic mass is 10.3. The average molecular weight is 271 g/mol. The van der Waals surface area contributed by atoms with Crippen molar-refractivity contribution in [3.05, 3.63) is 23.5 Å². The molecule has 0 aliphatic carbocycles. The van der Waals surface area contributed by atoms with Crippen LogP contribution in [-0.4, -0.2) is 29.6 Å². The minimum Gasteiger partial charge on any atom is -0.372 e. The Morgan fingerprint density at radius 1 is 1.22 bits per heavy atom. The number of aliphatic imine (C=N–C) groups is 1. The van der Waals surface area contributed by atoms with Crippen LogP contribution in [0.1, 0.15) is 47.5 Å². The Kier molecular flexibility index (Phi) is 9.76. The number of alkyl halides is 1. The minimum absolute atomic E-state index is 0.500. The highest BCUT2D eigenvalue weighted by molar-refractivity contribution is 6.28. The van der Waals surface area contributed by atoms with Gasteiger partial charge in [0.2, 0.25) is 0 Å². The van der Waals surface area contributed by atoms with E-state index < -0.39 is 0 Å². The molecule has 0 bridgehead atoms. The molecule has 0 saturated carbocycles. The molecule has 0 spiro atoms. The minimum atomic E-state index is 0.500. The van der Waals surface area contributed by atoms with Crippen molar-refractivity contribution >= 4 is 17.3 Å². The summed E-state index contributed by atoms with van der Waals surface area (Å²) in [6.07, 6.45) is 6.89. The molecule has 0 atom stereocenters. The summed E-state index contributed by atoms with van der Waals surface area (Å²) < 4.78 is 0. The Morgan fingerprint density at radius 2 is 1.78 bits per heavy atom. The predicted octanol–water partition coefficient (Wildman–Crippen LogP) is 4.62. The monoisotopic (exact) mass is 270 g/mol. The molecule has 1 heterocycles. The summed E-state index contributed by atoms with van der Waals surface area (Å²) in [6.45, 7) is 12.4. The van der Waals surface area contributed by atoms with Gasteiger partial charge in [0.1, 0.15) is 0 Å². The van der Waals surface area contributed by atoms with Gasteiger partial charge in [0, 0.05) is 30.2 Å². The number of hydrogen-bond donors (Lipinski definition) is 0. The van der Waals surface area contributed by atoms with Gasteiger partial charge in [0.15, 0.2) is 0 Å². The molecule has 18 heavy (non-hydrogen) atoms. The molecule has 104 valence electrons. The van der Waals surface area contributed by atoms with Crippen molar-refractivity contribution in [1.29, 1.82) is 0 Å². The van der Waals surface area contributed by atoms with E-state index in [1.54, 1.807) is 0 Å². The van der Waals surface area contributed by atoms with Gasteiger partial charge >= 0.3 is 0 Å². The van der Waals surface area contributed by atoms with Gasteiger partial charge in [0.05, 0.1) is 5.88 Å². The fourth-order valence-electron chi connectivity index (χ4n) is 1.91. The van der Waals surface area contributed by atoms with Crippen LogP contribution in [0.15, 0.2) is 28.5 Å². The number of hydrogen-bond acceptors (Lipinski definition) is 2. The first-order chi connectivity index (χ1) is 8.67. The Morgan fingerprint density at radius 3 is 2.22 bits per heavy atom. The predicted molar refractivity (Wildman–Crippen MR) is 83.5 cm³/mol. The van der Waals surface area contributed by atoms with Crippen LogP contribution < -0.4 is 0 Å². The second kappa shape index (κ2) is 10.2. The summed E-state index contributed by atoms with van der Waals surface area (Å²) in [7, 11) is 0. The summed E-state index contributed by atoms with van der Waals surface area (Å²) in [6, 6.07) is 0. The van der Waals surface area contributed by atoms with E-state index in [0.29, 0.717) is 5.88 Å². The van der Waals surface area contributed by atoms with E-state index in [-0.39, 0.29) is 0 Å². The van der Waals surface area contributed by atoms with E-state index >= 15 is 0 Å². The summed E-state index contributed by atoms with van der Waals surface area (Å²) in [5.41, 5.74) is 3.27. The second-order valence-electron chi connectivity index (χ2n) is 4.17. The van der Waals surface area contributed by atoms with Gasteiger partial charge in [-0.15, -0.1) is 11.6 Å². The van der Waals surface area contributed by atoms with Crippen molar-refractivity contribution in [1.82, 2.24) is 4.90 Å². The summed E-state index contributed by atoms with van der Waals surface area (Å²) in [5, 5.41) is 0. The molecule has 1 aliphatic heterocycles. The first-order valence-electron chi connectivity index (χ1n) is 6.87. The average Bonchev–Trinajstić information content (AvgIpc) is 2.92. The van der Waals surface area contributed by atoms with Crippen molar-refractivity contribution in [3.8, 4) is 0 Å². The third-order valence-electron chi connectivity index (χ3n) is 2.68. The van der Waals surface area contributed by atoms with E-state index in [2.05, 4.69) is 29.0 Å². The van der Waals surface area contributed by atoms with Crippen LogP contribution in [0.25, 0.3) is 0 Å². The van der Waals surface area contributed by atoms with Crippen LogP contribution in [0.5, 0.6) is 0 Å². The number of likely N-dealkylation sites (tertiary alicyclic amines) is 1. The van der Waals surface area contributed by atoms with E-state index in [1.165, 1.54) is 31.6 Å². The topological polar surface area (TPSA) is 15.6 Å². The maximum absolute atomic E-state index is 5.71. The van der Waals surface area contributed by atoms with Gasteiger partial charge < -0.3 is 4.90 Å². The molecule has 0 aromatic heterocycles. The summed E-state index contributed by atoms with van der Waals surface area (Å²) in [5.74, 6) is 0.500. The SMILES string of the molecule is C/C=C(/C=C(/C)N=C(C)CCl)N1CCCC1.CC. The molecule has 1 aliphatic rings. The first kappa shape index (κ1) is 17.2. The van der Waals surface area contributed by atoms with E-state index in [1.807, 2.05) is 27.7 Å². The highest BCUT2D eigenvalue weighted by Crippen LogP contribution is 2.17. The standard InChI is InChI=1S/C13H21ClN2.C2H6/c1-4-13(16-7-5-6-8-16)9-11(2)15-12(3)10-14;1-2/h4,9H,5-8,10H2,1-3H3;1-2H3/b11-9-,13-4-,15-12?;. The van der Waals surface area contributed by atoms with E-state index in [4.69, 9.17) is 11.6 Å². The van der Waals surface area contributed by atoms with E-state index in [0.717, 1.165) is 11.4 Å². The quantitative estimate of drug-likeness (QED) is 0.414. The van der Waals surface area contributed by atoms with Crippen molar-refractivity contribution in [2.24, 2.45) is 4.99 Å². The molecule has 1 rings (SSSR count). The molecule has 0 unspecified atom stereocenters. The van der Waals surface area contributed by atoms with Crippen molar-refractivity contribution in [2.45, 2.75) is 47.5 Å². The Labute approximate surface area is 117 Å².